The van der Waals surface area contributed by atoms with E-state index in [1.54, 1.807) is 10.8 Å². The van der Waals surface area contributed by atoms with Crippen molar-refractivity contribution in [3.63, 3.8) is 0 Å². The number of hydrogen-bond acceptors (Lipinski definition) is 4. The Morgan fingerprint density at radius 1 is 0.333 bits per heavy atom. The first-order valence-electron chi connectivity index (χ1n) is 16.9. The Kier molecular flexibility index (Phi) is 6.40. The van der Waals surface area contributed by atoms with Crippen LogP contribution in [0, 0.1) is 0 Å². The van der Waals surface area contributed by atoms with Gasteiger partial charge in [-0.1, -0.05) is 61.4 Å². The number of fused-ring (bicyclic) bond motifs is 2. The van der Waals surface area contributed by atoms with E-state index in [0.717, 1.165) is 26.2 Å². The molecular weight excluding hydrogens is 512 g/mol. The van der Waals surface area contributed by atoms with E-state index in [-0.39, 0.29) is 0 Å². The first kappa shape index (κ1) is 25.7. The molecule has 2 saturated heterocycles. The molecule has 0 radical (unpaired) electrons. The summed E-state index contributed by atoms with van der Waals surface area (Å²) >= 11 is 0. The van der Waals surface area contributed by atoms with Gasteiger partial charge in [-0.2, -0.15) is 0 Å². The zero-order valence-corrected chi connectivity index (χ0v) is 25.1. The highest BCUT2D eigenvalue weighted by Crippen LogP contribution is 2.46. The number of hydrogen-bond donors (Lipinski definition) is 0. The predicted molar refractivity (Wildman–Crippen MR) is 176 cm³/mol. The van der Waals surface area contributed by atoms with Crippen LogP contribution in [0.2, 0.25) is 0 Å². The number of nitrogens with zero attached hydrogens (tertiary/aromatic N) is 4. The molecule has 9 rings (SSSR count). The highest BCUT2D eigenvalue weighted by Gasteiger charge is 2.26. The molecule has 4 heterocycles. The smallest absolute Gasteiger partial charge is 0.0244 e. The summed E-state index contributed by atoms with van der Waals surface area (Å²) in [6.07, 6.45) is 8.33. The largest absolute Gasteiger partial charge is 0.302 e. The van der Waals surface area contributed by atoms with Crippen LogP contribution in [0.3, 0.4) is 0 Å². The van der Waals surface area contributed by atoms with Gasteiger partial charge in [-0.25, -0.2) is 0 Å². The molecule has 4 nitrogen and oxygen atoms in total. The molecule has 4 aliphatic rings. The van der Waals surface area contributed by atoms with E-state index in [1.165, 1.54) is 145 Å². The summed E-state index contributed by atoms with van der Waals surface area (Å²) in [5.41, 5.74) is 6.09. The second kappa shape index (κ2) is 10.4. The molecule has 0 aromatic heterocycles. The number of piperidine rings is 2. The molecule has 0 N–H and O–H groups in total. The summed E-state index contributed by atoms with van der Waals surface area (Å²) < 4.78 is 0. The highest BCUT2D eigenvalue weighted by molar-refractivity contribution is 6.34. The van der Waals surface area contributed by atoms with Crippen molar-refractivity contribution in [1.29, 1.82) is 0 Å². The quantitative estimate of drug-likeness (QED) is 0.160. The van der Waals surface area contributed by atoms with Crippen molar-refractivity contribution in [3.05, 3.63) is 70.8 Å². The topological polar surface area (TPSA) is 13.0 Å². The van der Waals surface area contributed by atoms with E-state index >= 15 is 0 Å². The van der Waals surface area contributed by atoms with E-state index in [1.807, 2.05) is 0 Å². The van der Waals surface area contributed by atoms with Crippen LogP contribution in [0.1, 0.15) is 60.8 Å². The molecule has 0 amide bonds. The molecule has 0 aliphatic carbocycles. The summed E-state index contributed by atoms with van der Waals surface area (Å²) in [5.74, 6) is 0. The Hall–Kier alpha value is -2.76. The molecule has 5 aromatic rings. The minimum absolute atomic E-state index is 1.08. The fourth-order valence-corrected chi connectivity index (χ4v) is 9.03. The van der Waals surface area contributed by atoms with Gasteiger partial charge in [0.05, 0.1) is 0 Å². The molecule has 0 atom stereocenters. The Balaban J connectivity index is 1.06. The summed E-state index contributed by atoms with van der Waals surface area (Å²) in [6, 6.07) is 19.7. The molecule has 0 saturated carbocycles. The maximum Gasteiger partial charge on any atom is 0.0244 e. The number of likely N-dealkylation sites (tertiary alicyclic amines) is 2. The van der Waals surface area contributed by atoms with Gasteiger partial charge in [-0.3, -0.25) is 9.80 Å². The van der Waals surface area contributed by atoms with E-state index in [4.69, 9.17) is 0 Å². The van der Waals surface area contributed by atoms with Crippen molar-refractivity contribution in [3.8, 4) is 0 Å². The van der Waals surface area contributed by atoms with Crippen LogP contribution < -0.4 is 0 Å². The van der Waals surface area contributed by atoms with E-state index in [2.05, 4.69) is 68.1 Å². The Morgan fingerprint density at radius 2 is 0.643 bits per heavy atom. The van der Waals surface area contributed by atoms with Gasteiger partial charge >= 0.3 is 0 Å². The molecule has 2 fully saturated rings. The molecule has 5 aromatic carbocycles. The zero-order chi connectivity index (χ0) is 27.6. The molecular formula is C38H44N4. The summed E-state index contributed by atoms with van der Waals surface area (Å²) in [6.45, 7) is 14.2. The third-order valence-electron chi connectivity index (χ3n) is 11.2. The van der Waals surface area contributed by atoms with Crippen molar-refractivity contribution in [2.24, 2.45) is 0 Å². The van der Waals surface area contributed by atoms with Crippen LogP contribution in [-0.4, -0.2) is 72.0 Å². The third kappa shape index (κ3) is 4.25. The van der Waals surface area contributed by atoms with Gasteiger partial charge in [-0.05, 0) is 117 Å². The minimum atomic E-state index is 1.08. The maximum atomic E-state index is 2.69. The first-order chi connectivity index (χ1) is 20.8. The van der Waals surface area contributed by atoms with Gasteiger partial charge in [-0.15, -0.1) is 0 Å². The molecule has 0 spiro atoms. The van der Waals surface area contributed by atoms with Gasteiger partial charge < -0.3 is 9.80 Å². The van der Waals surface area contributed by atoms with Gasteiger partial charge in [0.1, 0.15) is 0 Å². The Morgan fingerprint density at radius 3 is 0.976 bits per heavy atom. The lowest BCUT2D eigenvalue weighted by Crippen LogP contribution is -2.38. The van der Waals surface area contributed by atoms with Crippen LogP contribution in [0.25, 0.3) is 43.1 Å². The average molecular weight is 557 g/mol. The fourth-order valence-electron chi connectivity index (χ4n) is 9.03. The van der Waals surface area contributed by atoms with Gasteiger partial charge in [0.15, 0.2) is 0 Å². The van der Waals surface area contributed by atoms with E-state index in [0.29, 0.717) is 0 Å². The Bertz CT molecular complexity index is 1550. The van der Waals surface area contributed by atoms with Crippen molar-refractivity contribution < 1.29 is 0 Å². The zero-order valence-electron chi connectivity index (χ0n) is 25.1. The van der Waals surface area contributed by atoms with Gasteiger partial charge in [0.25, 0.3) is 0 Å². The van der Waals surface area contributed by atoms with Crippen molar-refractivity contribution in [1.82, 2.24) is 19.6 Å². The van der Waals surface area contributed by atoms with Crippen LogP contribution in [0.15, 0.2) is 48.5 Å². The predicted octanol–water partition coefficient (Wildman–Crippen LogP) is 7.34. The third-order valence-corrected chi connectivity index (χ3v) is 11.2. The monoisotopic (exact) mass is 556 g/mol. The summed E-state index contributed by atoms with van der Waals surface area (Å²) in [4.78, 5) is 10.7. The van der Waals surface area contributed by atoms with Crippen LogP contribution in [-0.2, 0) is 26.2 Å². The average Bonchev–Trinajstić information content (AvgIpc) is 3.05. The molecule has 4 heteroatoms. The molecule has 216 valence electrons. The van der Waals surface area contributed by atoms with Crippen molar-refractivity contribution in [2.45, 2.75) is 64.7 Å². The highest BCUT2D eigenvalue weighted by atomic mass is 15.2. The SMILES string of the molecule is c1cc2c3ccc4c5c(ccc(c6ccc7c(c1CN(CCN1CCCCC1)C7)c26)c53)CN(CCN1CCCCC1)C4. The fraction of sp³-hybridized carbons (Fsp3) is 0.474. The van der Waals surface area contributed by atoms with Gasteiger partial charge in [0.2, 0.25) is 0 Å². The molecule has 42 heavy (non-hydrogen) atoms. The second-order valence-electron chi connectivity index (χ2n) is 13.8. The van der Waals surface area contributed by atoms with Gasteiger partial charge in [0, 0.05) is 52.4 Å². The molecule has 0 unspecified atom stereocenters. The van der Waals surface area contributed by atoms with Crippen molar-refractivity contribution >= 4 is 43.1 Å². The summed E-state index contributed by atoms with van der Waals surface area (Å²) in [5, 5.41) is 11.9. The maximum absolute atomic E-state index is 2.69. The lowest BCUT2D eigenvalue weighted by atomic mass is 9.83. The summed E-state index contributed by atoms with van der Waals surface area (Å²) in [7, 11) is 0. The van der Waals surface area contributed by atoms with E-state index in [9.17, 15) is 0 Å². The first-order valence-corrected chi connectivity index (χ1v) is 16.9. The number of rotatable bonds is 6. The van der Waals surface area contributed by atoms with Crippen molar-refractivity contribution in [2.75, 3.05) is 52.4 Å². The lowest BCUT2D eigenvalue weighted by Gasteiger charge is -2.34. The molecule has 0 bridgehead atoms. The lowest BCUT2D eigenvalue weighted by molar-refractivity contribution is 0.172. The van der Waals surface area contributed by atoms with Crippen LogP contribution in [0.4, 0.5) is 0 Å². The van der Waals surface area contributed by atoms with Crippen LogP contribution in [0.5, 0.6) is 0 Å². The van der Waals surface area contributed by atoms with E-state index < -0.39 is 0 Å². The minimum Gasteiger partial charge on any atom is -0.302 e. The second-order valence-corrected chi connectivity index (χ2v) is 13.8. The normalized spacial score (nSPS) is 21.0. The standard InChI is InChI=1S/C38H44N4/c1-3-15-39(16-4-1)19-21-41-23-27-7-11-31-33-13-9-29-25-42(22-20-40-17-5-2-6-18-40)26-30-10-14-34(38(33)36(29)30)32-12-8-28(24-41)35(27)37(31)32/h7-14H,1-6,15-26H2. The molecule has 4 aliphatic heterocycles. The number of benzene rings is 5. The Labute approximate surface area is 250 Å². The van der Waals surface area contributed by atoms with Crippen LogP contribution >= 0.6 is 0 Å².